The second kappa shape index (κ2) is 8.21. The third kappa shape index (κ3) is 4.03. The maximum atomic E-state index is 12.4. The summed E-state index contributed by atoms with van der Waals surface area (Å²) in [7, 11) is 4.86. The third-order valence-corrected chi connectivity index (χ3v) is 4.67. The lowest BCUT2D eigenvalue weighted by molar-refractivity contribution is -0.125. The SMILES string of the molecule is COc1ccc(CCC(=O)Nc2ccc3c(c2)N(C)C(=O)C(C)O3)cc1OC. The number of nitrogens with one attached hydrogen (secondary N) is 1. The Balaban J connectivity index is 1.64. The van der Waals surface area contributed by atoms with Crippen LogP contribution in [0.4, 0.5) is 11.4 Å². The Hall–Kier alpha value is -3.22. The van der Waals surface area contributed by atoms with Gasteiger partial charge in [0.1, 0.15) is 5.75 Å². The molecule has 2 aromatic rings. The van der Waals surface area contributed by atoms with Crippen molar-refractivity contribution in [2.45, 2.75) is 25.9 Å². The summed E-state index contributed by atoms with van der Waals surface area (Å²) in [4.78, 5) is 26.0. The molecule has 0 radical (unpaired) electrons. The van der Waals surface area contributed by atoms with Gasteiger partial charge in [-0.25, -0.2) is 0 Å². The Kier molecular flexibility index (Phi) is 5.73. The number of benzene rings is 2. The van der Waals surface area contributed by atoms with E-state index in [4.69, 9.17) is 14.2 Å². The number of hydrogen-bond donors (Lipinski definition) is 1. The molecular formula is C21H24N2O5. The fourth-order valence-corrected chi connectivity index (χ4v) is 3.11. The summed E-state index contributed by atoms with van der Waals surface area (Å²) >= 11 is 0. The smallest absolute Gasteiger partial charge is 0.267 e. The first-order chi connectivity index (χ1) is 13.4. The summed E-state index contributed by atoms with van der Waals surface area (Å²) in [5.41, 5.74) is 2.24. The third-order valence-electron chi connectivity index (χ3n) is 4.67. The maximum absolute atomic E-state index is 12.4. The lowest BCUT2D eigenvalue weighted by Crippen LogP contribution is -2.41. The molecule has 1 N–H and O–H groups in total. The molecule has 0 fully saturated rings. The highest BCUT2D eigenvalue weighted by Gasteiger charge is 2.29. The van der Waals surface area contributed by atoms with Crippen LogP contribution in [0.3, 0.4) is 0 Å². The van der Waals surface area contributed by atoms with Crippen molar-refractivity contribution in [3.63, 3.8) is 0 Å². The van der Waals surface area contributed by atoms with Gasteiger partial charge in [-0.1, -0.05) is 6.07 Å². The lowest BCUT2D eigenvalue weighted by Gasteiger charge is -2.30. The van der Waals surface area contributed by atoms with E-state index in [1.54, 1.807) is 51.3 Å². The molecule has 0 saturated heterocycles. The van der Waals surface area contributed by atoms with Gasteiger partial charge in [0.05, 0.1) is 19.9 Å². The molecule has 1 atom stereocenters. The van der Waals surface area contributed by atoms with E-state index in [9.17, 15) is 9.59 Å². The summed E-state index contributed by atoms with van der Waals surface area (Å²) < 4.78 is 16.1. The molecule has 7 heteroatoms. The molecule has 1 unspecified atom stereocenters. The Morgan fingerprint density at radius 3 is 2.61 bits per heavy atom. The van der Waals surface area contributed by atoms with Gasteiger partial charge in [0.25, 0.3) is 5.91 Å². The van der Waals surface area contributed by atoms with Crippen molar-refractivity contribution >= 4 is 23.2 Å². The number of methoxy groups -OCH3 is 2. The average molecular weight is 384 g/mol. The van der Waals surface area contributed by atoms with Gasteiger partial charge < -0.3 is 24.4 Å². The van der Waals surface area contributed by atoms with Crippen molar-refractivity contribution in [3.8, 4) is 17.2 Å². The second-order valence-electron chi connectivity index (χ2n) is 6.58. The largest absolute Gasteiger partial charge is 0.493 e. The van der Waals surface area contributed by atoms with Gasteiger partial charge in [-0.3, -0.25) is 9.59 Å². The zero-order chi connectivity index (χ0) is 20.3. The van der Waals surface area contributed by atoms with E-state index in [0.717, 1.165) is 5.56 Å². The number of amides is 2. The van der Waals surface area contributed by atoms with Gasteiger partial charge in [0.2, 0.25) is 5.91 Å². The molecule has 148 valence electrons. The molecule has 1 heterocycles. The van der Waals surface area contributed by atoms with Crippen LogP contribution in [-0.4, -0.2) is 39.2 Å². The summed E-state index contributed by atoms with van der Waals surface area (Å²) in [6.07, 6.45) is 0.366. The summed E-state index contributed by atoms with van der Waals surface area (Å²) in [5, 5.41) is 2.87. The van der Waals surface area contributed by atoms with E-state index >= 15 is 0 Å². The topological polar surface area (TPSA) is 77.1 Å². The van der Waals surface area contributed by atoms with Gasteiger partial charge in [0.15, 0.2) is 17.6 Å². The quantitative estimate of drug-likeness (QED) is 0.828. The molecule has 3 rings (SSSR count). The number of likely N-dealkylation sites (N-methyl/N-ethyl adjacent to an activating group) is 1. The molecule has 7 nitrogen and oxygen atoms in total. The Bertz CT molecular complexity index is 896. The molecular weight excluding hydrogens is 360 g/mol. The number of hydrogen-bond acceptors (Lipinski definition) is 5. The van der Waals surface area contributed by atoms with Crippen LogP contribution in [0, 0.1) is 0 Å². The van der Waals surface area contributed by atoms with E-state index in [2.05, 4.69) is 5.32 Å². The van der Waals surface area contributed by atoms with Gasteiger partial charge in [0, 0.05) is 19.2 Å². The number of aryl methyl sites for hydroxylation is 1. The highest BCUT2D eigenvalue weighted by molar-refractivity contribution is 6.00. The van der Waals surface area contributed by atoms with Crippen LogP contribution in [0.15, 0.2) is 36.4 Å². The van der Waals surface area contributed by atoms with Gasteiger partial charge in [-0.15, -0.1) is 0 Å². The molecule has 28 heavy (non-hydrogen) atoms. The normalized spacial score (nSPS) is 15.5. The Morgan fingerprint density at radius 1 is 1.14 bits per heavy atom. The summed E-state index contributed by atoms with van der Waals surface area (Å²) in [5.74, 6) is 1.67. The zero-order valence-corrected chi connectivity index (χ0v) is 16.4. The van der Waals surface area contributed by atoms with E-state index in [1.165, 1.54) is 0 Å². The van der Waals surface area contributed by atoms with Crippen molar-refractivity contribution in [1.82, 2.24) is 0 Å². The van der Waals surface area contributed by atoms with E-state index < -0.39 is 6.10 Å². The number of carbonyl (C=O) groups is 2. The summed E-state index contributed by atoms with van der Waals surface area (Å²) in [6.45, 7) is 1.71. The van der Waals surface area contributed by atoms with Crippen LogP contribution in [0.1, 0.15) is 18.9 Å². The first-order valence-corrected chi connectivity index (χ1v) is 9.02. The van der Waals surface area contributed by atoms with Crippen LogP contribution in [-0.2, 0) is 16.0 Å². The molecule has 0 bridgehead atoms. The summed E-state index contributed by atoms with van der Waals surface area (Å²) in [6, 6.07) is 10.9. The van der Waals surface area contributed by atoms with E-state index in [-0.39, 0.29) is 11.8 Å². The number of rotatable bonds is 6. The lowest BCUT2D eigenvalue weighted by atomic mass is 10.1. The minimum atomic E-state index is -0.514. The Morgan fingerprint density at radius 2 is 1.89 bits per heavy atom. The minimum Gasteiger partial charge on any atom is -0.493 e. The van der Waals surface area contributed by atoms with E-state index in [1.807, 2.05) is 18.2 Å². The molecule has 0 aromatic heterocycles. The van der Waals surface area contributed by atoms with Crippen LogP contribution in [0.2, 0.25) is 0 Å². The zero-order valence-electron chi connectivity index (χ0n) is 16.4. The van der Waals surface area contributed by atoms with Crippen molar-refractivity contribution in [2.24, 2.45) is 0 Å². The van der Waals surface area contributed by atoms with Gasteiger partial charge >= 0.3 is 0 Å². The molecule has 1 aliphatic rings. The predicted octanol–water partition coefficient (Wildman–Crippen LogP) is 3.02. The fraction of sp³-hybridized carbons (Fsp3) is 0.333. The van der Waals surface area contributed by atoms with Gasteiger partial charge in [-0.2, -0.15) is 0 Å². The average Bonchev–Trinajstić information content (AvgIpc) is 2.70. The molecule has 0 spiro atoms. The van der Waals surface area contributed by atoms with Crippen LogP contribution in [0.5, 0.6) is 17.2 Å². The second-order valence-corrected chi connectivity index (χ2v) is 6.58. The maximum Gasteiger partial charge on any atom is 0.267 e. The number of ether oxygens (including phenoxy) is 3. The highest BCUT2D eigenvalue weighted by Crippen LogP contribution is 2.35. The minimum absolute atomic E-state index is 0.117. The molecule has 2 aromatic carbocycles. The fourth-order valence-electron chi connectivity index (χ4n) is 3.11. The van der Waals surface area contributed by atoms with Gasteiger partial charge in [-0.05, 0) is 49.2 Å². The molecule has 1 aliphatic heterocycles. The first-order valence-electron chi connectivity index (χ1n) is 9.02. The van der Waals surface area contributed by atoms with Crippen molar-refractivity contribution in [2.75, 3.05) is 31.5 Å². The van der Waals surface area contributed by atoms with Crippen molar-refractivity contribution < 1.29 is 23.8 Å². The van der Waals surface area contributed by atoms with Crippen LogP contribution in [0.25, 0.3) is 0 Å². The molecule has 0 aliphatic carbocycles. The van der Waals surface area contributed by atoms with Crippen LogP contribution >= 0.6 is 0 Å². The highest BCUT2D eigenvalue weighted by atomic mass is 16.5. The standard InChI is InChI=1S/C21H24N2O5/c1-13-21(25)23(2)16-12-15(7-9-17(16)28-13)22-20(24)10-6-14-5-8-18(26-3)19(11-14)27-4/h5,7-9,11-13H,6,10H2,1-4H3,(H,22,24). The number of anilines is 2. The van der Waals surface area contributed by atoms with Crippen molar-refractivity contribution in [1.29, 1.82) is 0 Å². The van der Waals surface area contributed by atoms with E-state index in [0.29, 0.717) is 41.5 Å². The number of fused-ring (bicyclic) bond motifs is 1. The predicted molar refractivity (Wildman–Crippen MR) is 106 cm³/mol. The molecule has 2 amide bonds. The Labute approximate surface area is 164 Å². The first kappa shape index (κ1) is 19.5. The number of nitrogens with zero attached hydrogens (tertiary/aromatic N) is 1. The molecule has 0 saturated carbocycles. The number of carbonyl (C=O) groups excluding carboxylic acids is 2. The van der Waals surface area contributed by atoms with Crippen LogP contribution < -0.4 is 24.4 Å². The van der Waals surface area contributed by atoms with Crippen molar-refractivity contribution in [3.05, 3.63) is 42.0 Å². The monoisotopic (exact) mass is 384 g/mol.